The minimum Gasteiger partial charge on any atom is -0.369 e. The molecule has 1 saturated carbocycles. The fourth-order valence-corrected chi connectivity index (χ4v) is 4.28. The number of rotatable bonds is 3. The van der Waals surface area contributed by atoms with Crippen LogP contribution in [0, 0.1) is 10.6 Å². The maximum Gasteiger partial charge on any atom is 0.223 e. The van der Waals surface area contributed by atoms with E-state index in [1.165, 1.54) is 6.07 Å². The summed E-state index contributed by atoms with van der Waals surface area (Å²) < 4.78 is 16.3. The van der Waals surface area contributed by atoms with E-state index in [9.17, 15) is 9.18 Å². The van der Waals surface area contributed by atoms with Gasteiger partial charge in [0.05, 0.1) is 6.42 Å². The quantitative estimate of drug-likeness (QED) is 0.846. The third-order valence-electron chi connectivity index (χ3n) is 4.74. The largest absolute Gasteiger partial charge is 0.369 e. The van der Waals surface area contributed by atoms with Gasteiger partial charge in [-0.1, -0.05) is 11.6 Å². The number of fused-ring (bicyclic) bond motifs is 3. The zero-order chi connectivity index (χ0) is 15.6. The van der Waals surface area contributed by atoms with Gasteiger partial charge in [-0.25, -0.2) is 4.39 Å². The van der Waals surface area contributed by atoms with Crippen molar-refractivity contribution >= 4 is 29.7 Å². The molecule has 7 heteroatoms. The SMILES string of the molecule is NC(=O)Cc1[nH]c(=S)n2c1C1C[C@]1(c1cc(F)cc(Cl)c1)C2. The van der Waals surface area contributed by atoms with Crippen LogP contribution in [0.1, 0.15) is 29.3 Å². The standard InChI is InChI=1S/C15H13ClFN3OS/c16-8-1-7(2-9(17)3-8)15-5-10(15)13-11(4-12(18)21)19-14(22)20(13)6-15/h1-3,10H,4-6H2,(H2,18,21)(H,19,22)/t10?,15-/m1/s1. The number of hydrogen-bond donors (Lipinski definition) is 2. The van der Waals surface area contributed by atoms with Gasteiger partial charge in [0.1, 0.15) is 5.82 Å². The molecule has 2 heterocycles. The number of carbonyl (C=O) groups is 1. The van der Waals surface area contributed by atoms with Gasteiger partial charge in [0.2, 0.25) is 5.91 Å². The molecule has 3 N–H and O–H groups in total. The summed E-state index contributed by atoms with van der Waals surface area (Å²) >= 11 is 11.3. The lowest BCUT2D eigenvalue weighted by Gasteiger charge is -2.13. The van der Waals surface area contributed by atoms with E-state index in [1.807, 2.05) is 10.6 Å². The van der Waals surface area contributed by atoms with Crippen LogP contribution < -0.4 is 5.73 Å². The molecule has 2 atom stereocenters. The van der Waals surface area contributed by atoms with Crippen molar-refractivity contribution in [1.82, 2.24) is 9.55 Å². The number of nitrogens with two attached hydrogens (primary N) is 1. The zero-order valence-electron chi connectivity index (χ0n) is 11.5. The molecule has 1 aliphatic heterocycles. The number of H-pyrrole nitrogens is 1. The maximum atomic E-state index is 13.7. The number of nitrogens with one attached hydrogen (secondary N) is 1. The molecule has 2 aromatic rings. The summed E-state index contributed by atoms with van der Waals surface area (Å²) in [5.74, 6) is -0.499. The van der Waals surface area contributed by atoms with Crippen molar-refractivity contribution < 1.29 is 9.18 Å². The van der Waals surface area contributed by atoms with Crippen molar-refractivity contribution in [2.75, 3.05) is 0 Å². The number of hydrogen-bond acceptors (Lipinski definition) is 2. The van der Waals surface area contributed by atoms with Crippen LogP contribution in [0.5, 0.6) is 0 Å². The van der Waals surface area contributed by atoms with Crippen molar-refractivity contribution in [2.45, 2.75) is 30.7 Å². The molecule has 2 aliphatic rings. The molecule has 1 unspecified atom stereocenters. The van der Waals surface area contributed by atoms with Gasteiger partial charge in [-0.15, -0.1) is 0 Å². The van der Waals surface area contributed by atoms with Crippen LogP contribution in [0.2, 0.25) is 5.02 Å². The second kappa shape index (κ2) is 4.43. The minimum absolute atomic E-state index is 0.141. The van der Waals surface area contributed by atoms with Gasteiger partial charge in [0.15, 0.2) is 4.77 Å². The predicted octanol–water partition coefficient (Wildman–Crippen LogP) is 2.80. The van der Waals surface area contributed by atoms with E-state index in [-0.39, 0.29) is 23.6 Å². The van der Waals surface area contributed by atoms with Crippen LogP contribution >= 0.6 is 23.8 Å². The summed E-state index contributed by atoms with van der Waals surface area (Å²) in [4.78, 5) is 14.3. The Bertz CT molecular complexity index is 854. The van der Waals surface area contributed by atoms with Crippen molar-refractivity contribution in [3.05, 3.63) is 50.8 Å². The zero-order valence-corrected chi connectivity index (χ0v) is 13.1. The first-order chi connectivity index (χ1) is 10.4. The molecule has 0 spiro atoms. The van der Waals surface area contributed by atoms with Crippen LogP contribution in [0.25, 0.3) is 0 Å². The van der Waals surface area contributed by atoms with Gasteiger partial charge in [-0.3, -0.25) is 4.79 Å². The van der Waals surface area contributed by atoms with Crippen molar-refractivity contribution in [1.29, 1.82) is 0 Å². The van der Waals surface area contributed by atoms with Crippen LogP contribution in [-0.4, -0.2) is 15.5 Å². The molecule has 0 bridgehead atoms. The van der Waals surface area contributed by atoms with Crippen LogP contribution in [0.4, 0.5) is 4.39 Å². The molecule has 1 aromatic heterocycles. The van der Waals surface area contributed by atoms with E-state index < -0.39 is 5.91 Å². The smallest absolute Gasteiger partial charge is 0.223 e. The van der Waals surface area contributed by atoms with E-state index in [0.29, 0.717) is 16.3 Å². The highest BCUT2D eigenvalue weighted by molar-refractivity contribution is 7.71. The third kappa shape index (κ3) is 1.87. The highest BCUT2D eigenvalue weighted by Gasteiger charge is 2.62. The third-order valence-corrected chi connectivity index (χ3v) is 5.28. The summed E-state index contributed by atoms with van der Waals surface area (Å²) in [6, 6.07) is 4.66. The molecule has 1 aliphatic carbocycles. The van der Waals surface area contributed by atoms with Gasteiger partial charge in [-0.2, -0.15) is 0 Å². The van der Waals surface area contributed by atoms with Crippen molar-refractivity contribution in [3.63, 3.8) is 0 Å². The second-order valence-corrected chi connectivity index (χ2v) is 6.92. The lowest BCUT2D eigenvalue weighted by Crippen LogP contribution is -2.15. The van der Waals surface area contributed by atoms with E-state index in [4.69, 9.17) is 29.6 Å². The average molecular weight is 338 g/mol. The fourth-order valence-electron chi connectivity index (χ4n) is 3.77. The molecule has 4 nitrogen and oxygen atoms in total. The maximum absolute atomic E-state index is 13.7. The Morgan fingerprint density at radius 3 is 3.00 bits per heavy atom. The minimum atomic E-state index is -0.397. The van der Waals surface area contributed by atoms with Gasteiger partial charge >= 0.3 is 0 Å². The number of nitrogens with zero attached hydrogens (tertiary/aromatic N) is 1. The number of aromatic amines is 1. The lowest BCUT2D eigenvalue weighted by atomic mass is 9.94. The summed E-state index contributed by atoms with van der Waals surface area (Å²) in [5.41, 5.74) is 7.85. The van der Waals surface area contributed by atoms with E-state index in [0.717, 1.165) is 23.4 Å². The molecule has 4 rings (SSSR count). The number of aromatic nitrogens is 2. The molecular formula is C15H13ClFN3OS. The summed E-state index contributed by atoms with van der Waals surface area (Å²) in [5, 5.41) is 0.397. The Labute approximate surface area is 136 Å². The van der Waals surface area contributed by atoms with Gasteiger partial charge in [-0.05, 0) is 42.4 Å². The average Bonchev–Trinajstić information content (AvgIpc) is 2.91. The molecular weight excluding hydrogens is 325 g/mol. The number of primary amides is 1. The Kier molecular flexibility index (Phi) is 2.81. The summed E-state index contributed by atoms with van der Waals surface area (Å²) in [6.45, 7) is 0.681. The Hall–Kier alpha value is -1.66. The predicted molar refractivity (Wildman–Crippen MR) is 83.0 cm³/mol. The van der Waals surface area contributed by atoms with Crippen LogP contribution in [0.15, 0.2) is 18.2 Å². The second-order valence-electron chi connectivity index (χ2n) is 6.09. The van der Waals surface area contributed by atoms with Crippen molar-refractivity contribution in [2.24, 2.45) is 5.73 Å². The number of halogens is 2. The van der Waals surface area contributed by atoms with Gasteiger partial charge in [0.25, 0.3) is 0 Å². The van der Waals surface area contributed by atoms with Crippen LogP contribution in [0.3, 0.4) is 0 Å². The number of carbonyl (C=O) groups excluding carboxylic acids is 1. The number of benzene rings is 1. The fraction of sp³-hybridized carbons (Fsp3) is 0.333. The van der Waals surface area contributed by atoms with Gasteiger partial charge in [0, 0.05) is 34.3 Å². The summed E-state index contributed by atoms with van der Waals surface area (Å²) in [6.07, 6.45) is 1.05. The van der Waals surface area contributed by atoms with Crippen molar-refractivity contribution in [3.8, 4) is 0 Å². The monoisotopic (exact) mass is 337 g/mol. The highest BCUT2D eigenvalue weighted by Crippen LogP contribution is 2.66. The van der Waals surface area contributed by atoms with E-state index in [1.54, 1.807) is 6.07 Å². The molecule has 1 fully saturated rings. The molecule has 114 valence electrons. The molecule has 1 amide bonds. The normalized spacial score (nSPS) is 24.9. The van der Waals surface area contributed by atoms with Crippen LogP contribution in [-0.2, 0) is 23.2 Å². The highest BCUT2D eigenvalue weighted by atomic mass is 35.5. The Balaban J connectivity index is 1.78. The first-order valence-electron chi connectivity index (χ1n) is 6.97. The molecule has 1 aromatic carbocycles. The van der Waals surface area contributed by atoms with Gasteiger partial charge < -0.3 is 15.3 Å². The Morgan fingerprint density at radius 1 is 1.55 bits per heavy atom. The first-order valence-corrected chi connectivity index (χ1v) is 7.76. The molecule has 0 radical (unpaired) electrons. The first kappa shape index (κ1) is 14.0. The lowest BCUT2D eigenvalue weighted by molar-refractivity contribution is -0.117. The van der Waals surface area contributed by atoms with E-state index >= 15 is 0 Å². The number of amides is 1. The number of imidazole rings is 1. The summed E-state index contributed by atoms with van der Waals surface area (Å²) in [7, 11) is 0. The molecule has 0 saturated heterocycles. The topological polar surface area (TPSA) is 63.8 Å². The Morgan fingerprint density at radius 2 is 2.32 bits per heavy atom. The molecule has 22 heavy (non-hydrogen) atoms. The van der Waals surface area contributed by atoms with E-state index in [2.05, 4.69) is 4.98 Å².